The van der Waals surface area contributed by atoms with E-state index in [1.165, 1.54) is 35.2 Å². The van der Waals surface area contributed by atoms with Crippen molar-refractivity contribution in [2.45, 2.75) is 45.2 Å². The molecule has 1 N–H and O–H groups in total. The van der Waals surface area contributed by atoms with Crippen LogP contribution in [-0.2, 0) is 26.2 Å². The summed E-state index contributed by atoms with van der Waals surface area (Å²) in [4.78, 5) is 28.4. The molecule has 0 saturated heterocycles. The molecule has 0 saturated carbocycles. The van der Waals surface area contributed by atoms with Crippen LogP contribution >= 0.6 is 46.4 Å². The summed E-state index contributed by atoms with van der Waals surface area (Å²) in [5.41, 5.74) is 1.41. The molecule has 12 heteroatoms. The number of nitrogens with one attached hydrogen (secondary N) is 1. The van der Waals surface area contributed by atoms with Gasteiger partial charge in [-0.1, -0.05) is 90.1 Å². The van der Waals surface area contributed by atoms with Crippen LogP contribution in [0.15, 0.2) is 65.6 Å². The molecule has 0 unspecified atom stereocenters. The molecule has 1 atom stereocenters. The number of benzene rings is 3. The molecule has 0 fully saturated rings. The maximum absolute atomic E-state index is 14.0. The molecule has 0 spiro atoms. The monoisotopic (exact) mass is 657 g/mol. The third-order valence-electron chi connectivity index (χ3n) is 6.30. The van der Waals surface area contributed by atoms with Gasteiger partial charge in [0.1, 0.15) is 12.6 Å². The maximum atomic E-state index is 14.0. The number of carbonyl (C=O) groups is 2. The molecule has 220 valence electrons. The van der Waals surface area contributed by atoms with E-state index in [1.54, 1.807) is 37.3 Å². The summed E-state index contributed by atoms with van der Waals surface area (Å²) in [7, 11) is -4.29. The number of sulfonamides is 1. The number of carbonyl (C=O) groups excluding carboxylic acids is 2. The van der Waals surface area contributed by atoms with Gasteiger partial charge < -0.3 is 10.2 Å². The van der Waals surface area contributed by atoms with Crippen molar-refractivity contribution in [2.24, 2.45) is 5.92 Å². The van der Waals surface area contributed by atoms with Gasteiger partial charge in [0, 0.05) is 23.1 Å². The molecule has 0 radical (unpaired) electrons. The zero-order chi connectivity index (χ0) is 30.5. The number of nitrogens with zero attached hydrogens (tertiary/aromatic N) is 2. The lowest BCUT2D eigenvalue weighted by Gasteiger charge is -2.32. The Labute approximate surface area is 261 Å². The molecule has 3 rings (SSSR count). The van der Waals surface area contributed by atoms with Crippen molar-refractivity contribution in [1.82, 2.24) is 10.2 Å². The Balaban J connectivity index is 2.08. The Morgan fingerprint density at radius 2 is 1.56 bits per heavy atom. The lowest BCUT2D eigenvalue weighted by atomic mass is 10.1. The van der Waals surface area contributed by atoms with Gasteiger partial charge in [-0.05, 0) is 61.7 Å². The number of aryl methyl sites for hydroxylation is 1. The first kappa shape index (κ1) is 33.0. The van der Waals surface area contributed by atoms with E-state index in [-0.39, 0.29) is 33.1 Å². The highest BCUT2D eigenvalue weighted by molar-refractivity contribution is 7.92. The molecule has 41 heavy (non-hydrogen) atoms. The minimum Gasteiger partial charge on any atom is -0.354 e. The average molecular weight is 659 g/mol. The van der Waals surface area contributed by atoms with E-state index in [4.69, 9.17) is 46.4 Å². The maximum Gasteiger partial charge on any atom is 0.264 e. The average Bonchev–Trinajstić information content (AvgIpc) is 2.91. The first-order chi connectivity index (χ1) is 19.2. The SMILES string of the molecule is Cc1ccc(S(=O)(=O)N(CC(=O)N(Cc2ccc(Cl)cc2Cl)[C@@H](C)C(=O)NCC(C)C)c2cccc(Cl)c2Cl)cc1. The highest BCUT2D eigenvalue weighted by Crippen LogP contribution is 2.35. The largest absolute Gasteiger partial charge is 0.354 e. The van der Waals surface area contributed by atoms with Crippen LogP contribution < -0.4 is 9.62 Å². The van der Waals surface area contributed by atoms with Gasteiger partial charge in [0.05, 0.1) is 20.6 Å². The number of rotatable bonds is 11. The number of hydrogen-bond acceptors (Lipinski definition) is 4. The predicted molar refractivity (Wildman–Crippen MR) is 166 cm³/mol. The van der Waals surface area contributed by atoms with Crippen molar-refractivity contribution in [3.05, 3.63) is 91.9 Å². The van der Waals surface area contributed by atoms with Gasteiger partial charge in [0.25, 0.3) is 10.0 Å². The lowest BCUT2D eigenvalue weighted by molar-refractivity contribution is -0.139. The summed E-state index contributed by atoms with van der Waals surface area (Å²) in [5, 5.41) is 3.62. The second-order valence-electron chi connectivity index (χ2n) is 9.97. The van der Waals surface area contributed by atoms with Crippen molar-refractivity contribution in [1.29, 1.82) is 0 Å². The van der Waals surface area contributed by atoms with Gasteiger partial charge in [-0.3, -0.25) is 13.9 Å². The van der Waals surface area contributed by atoms with Crippen LogP contribution in [0.25, 0.3) is 0 Å². The number of halogens is 4. The molecule has 3 aromatic rings. The van der Waals surface area contributed by atoms with Crippen molar-refractivity contribution in [2.75, 3.05) is 17.4 Å². The van der Waals surface area contributed by atoms with E-state index in [0.717, 1.165) is 9.87 Å². The van der Waals surface area contributed by atoms with Gasteiger partial charge in [0.15, 0.2) is 0 Å². The summed E-state index contributed by atoms with van der Waals surface area (Å²) in [6.07, 6.45) is 0. The standard InChI is InChI=1S/C29H31Cl4N3O4S/c1-18(2)15-34-29(38)20(4)35(16-21-10-11-22(30)14-25(21)32)27(37)17-36(26-7-5-6-24(31)28(26)33)41(39,40)23-12-8-19(3)9-13-23/h5-14,18,20H,15-17H2,1-4H3,(H,34,38)/t20-/m0/s1. The molecule has 0 aliphatic heterocycles. The molecule has 2 amide bonds. The molecule has 0 heterocycles. The van der Waals surface area contributed by atoms with E-state index in [1.807, 2.05) is 20.8 Å². The van der Waals surface area contributed by atoms with E-state index >= 15 is 0 Å². The van der Waals surface area contributed by atoms with Crippen LogP contribution in [0.4, 0.5) is 5.69 Å². The fourth-order valence-electron chi connectivity index (χ4n) is 3.90. The third kappa shape index (κ3) is 8.30. The van der Waals surface area contributed by atoms with E-state index < -0.39 is 34.4 Å². The first-order valence-corrected chi connectivity index (χ1v) is 15.7. The Bertz CT molecular complexity index is 1510. The Morgan fingerprint density at radius 1 is 0.902 bits per heavy atom. The summed E-state index contributed by atoms with van der Waals surface area (Å²) < 4.78 is 28.8. The Kier molecular flexibility index (Phi) is 11.4. The zero-order valence-electron chi connectivity index (χ0n) is 23.0. The van der Waals surface area contributed by atoms with Crippen molar-refractivity contribution < 1.29 is 18.0 Å². The molecule has 0 aliphatic carbocycles. The van der Waals surface area contributed by atoms with Gasteiger partial charge >= 0.3 is 0 Å². The molecule has 0 bridgehead atoms. The summed E-state index contributed by atoms with van der Waals surface area (Å²) in [6, 6.07) is 14.6. The van der Waals surface area contributed by atoms with Gasteiger partial charge in [-0.2, -0.15) is 0 Å². The molecular formula is C29H31Cl4N3O4S. The predicted octanol–water partition coefficient (Wildman–Crippen LogP) is 6.99. The molecular weight excluding hydrogens is 628 g/mol. The summed E-state index contributed by atoms with van der Waals surface area (Å²) in [5.74, 6) is -0.873. The van der Waals surface area contributed by atoms with Crippen LogP contribution in [-0.4, -0.2) is 44.3 Å². The minimum atomic E-state index is -4.29. The van der Waals surface area contributed by atoms with Crippen LogP contribution in [0.5, 0.6) is 0 Å². The molecule has 3 aromatic carbocycles. The van der Waals surface area contributed by atoms with Gasteiger partial charge in [-0.15, -0.1) is 0 Å². The van der Waals surface area contributed by atoms with E-state index in [0.29, 0.717) is 22.2 Å². The normalized spacial score (nSPS) is 12.2. The van der Waals surface area contributed by atoms with Crippen molar-refractivity contribution in [3.8, 4) is 0 Å². The van der Waals surface area contributed by atoms with Crippen LogP contribution in [0.1, 0.15) is 31.9 Å². The summed E-state index contributed by atoms with van der Waals surface area (Å²) >= 11 is 25.2. The lowest BCUT2D eigenvalue weighted by Crippen LogP contribution is -2.51. The topological polar surface area (TPSA) is 86.8 Å². The molecule has 0 aromatic heterocycles. The summed E-state index contributed by atoms with van der Waals surface area (Å²) in [6.45, 7) is 6.96. The second-order valence-corrected chi connectivity index (χ2v) is 13.5. The second kappa shape index (κ2) is 14.1. The fourth-order valence-corrected chi connectivity index (χ4v) is 6.25. The zero-order valence-corrected chi connectivity index (χ0v) is 26.8. The third-order valence-corrected chi connectivity index (χ3v) is 9.47. The fraction of sp³-hybridized carbons (Fsp3) is 0.310. The number of amides is 2. The quantitative estimate of drug-likeness (QED) is 0.241. The number of anilines is 1. The molecule has 7 nitrogen and oxygen atoms in total. The van der Waals surface area contributed by atoms with Gasteiger partial charge in [0.2, 0.25) is 11.8 Å². The Hall–Kier alpha value is -2.49. The highest BCUT2D eigenvalue weighted by atomic mass is 35.5. The van der Waals surface area contributed by atoms with Crippen LogP contribution in [0.3, 0.4) is 0 Å². The minimum absolute atomic E-state index is 0.0227. The Morgan fingerprint density at radius 3 is 2.17 bits per heavy atom. The van der Waals surface area contributed by atoms with Crippen molar-refractivity contribution in [3.63, 3.8) is 0 Å². The number of hydrogen-bond donors (Lipinski definition) is 1. The highest BCUT2D eigenvalue weighted by Gasteiger charge is 2.34. The molecule has 0 aliphatic rings. The van der Waals surface area contributed by atoms with Crippen molar-refractivity contribution >= 4 is 73.9 Å². The van der Waals surface area contributed by atoms with Crippen LogP contribution in [0.2, 0.25) is 20.1 Å². The van der Waals surface area contributed by atoms with Gasteiger partial charge in [-0.25, -0.2) is 8.42 Å². The van der Waals surface area contributed by atoms with Crippen LogP contribution in [0, 0.1) is 12.8 Å². The smallest absolute Gasteiger partial charge is 0.264 e. The van der Waals surface area contributed by atoms with E-state index in [2.05, 4.69) is 5.32 Å². The van der Waals surface area contributed by atoms with E-state index in [9.17, 15) is 18.0 Å². The first-order valence-electron chi connectivity index (χ1n) is 12.8.